The van der Waals surface area contributed by atoms with Crippen molar-refractivity contribution in [1.82, 2.24) is 0 Å². The molecule has 0 bridgehead atoms. The first-order chi connectivity index (χ1) is 16.4. The molecule has 0 fully saturated rings. The first-order valence-electron chi connectivity index (χ1n) is 10.2. The van der Waals surface area contributed by atoms with Crippen LogP contribution in [0.5, 0.6) is 23.0 Å². The van der Waals surface area contributed by atoms with Gasteiger partial charge in [-0.05, 0) is 61.5 Å². The maximum Gasteiger partial charge on any atom is 0.343 e. The average Bonchev–Trinajstić information content (AvgIpc) is 2.86. The summed E-state index contributed by atoms with van der Waals surface area (Å²) < 4.78 is 26.7. The van der Waals surface area contributed by atoms with E-state index in [0.29, 0.717) is 22.6 Å². The summed E-state index contributed by atoms with van der Waals surface area (Å²) >= 11 is 0. The fourth-order valence-corrected chi connectivity index (χ4v) is 3.26. The summed E-state index contributed by atoms with van der Waals surface area (Å²) in [5.41, 5.74) is 0.528. The lowest BCUT2D eigenvalue weighted by atomic mass is 10.2. The Morgan fingerprint density at radius 3 is 2.24 bits per heavy atom. The molecule has 0 aliphatic rings. The van der Waals surface area contributed by atoms with Gasteiger partial charge < -0.3 is 23.4 Å². The largest absolute Gasteiger partial charge is 0.497 e. The van der Waals surface area contributed by atoms with Gasteiger partial charge in [0.15, 0.2) is 0 Å². The number of carbonyl (C=O) groups is 2. The van der Waals surface area contributed by atoms with Crippen LogP contribution in [0.15, 0.2) is 75.9 Å². The van der Waals surface area contributed by atoms with Crippen molar-refractivity contribution in [3.05, 3.63) is 93.8 Å². The number of esters is 2. The van der Waals surface area contributed by atoms with Gasteiger partial charge in [-0.15, -0.1) is 0 Å². The Kier molecular flexibility index (Phi) is 6.31. The molecule has 4 rings (SSSR count). The lowest BCUT2D eigenvalue weighted by molar-refractivity contribution is 0.0600. The second-order valence-corrected chi connectivity index (χ2v) is 7.21. The SMILES string of the molecule is COC(=O)c1ccc(Oc2c(C)oc3cc(OC(=O)c4cccc(OC)c4)ccc3c2=O)cc1. The molecule has 0 unspecified atom stereocenters. The predicted molar refractivity (Wildman–Crippen MR) is 123 cm³/mol. The number of fused-ring (bicyclic) bond motifs is 1. The Morgan fingerprint density at radius 1 is 0.794 bits per heavy atom. The Labute approximate surface area is 194 Å². The normalized spacial score (nSPS) is 10.6. The van der Waals surface area contributed by atoms with E-state index in [1.54, 1.807) is 43.3 Å². The number of methoxy groups -OCH3 is 2. The Hall–Kier alpha value is -4.59. The summed E-state index contributed by atoms with van der Waals surface area (Å²) in [6.45, 7) is 1.59. The van der Waals surface area contributed by atoms with Crippen LogP contribution in [0, 0.1) is 6.92 Å². The van der Waals surface area contributed by atoms with Gasteiger partial charge in [0.05, 0.1) is 30.7 Å². The third-order valence-electron chi connectivity index (χ3n) is 5.00. The fraction of sp³-hybridized carbons (Fsp3) is 0.115. The molecule has 0 saturated heterocycles. The van der Waals surface area contributed by atoms with Crippen molar-refractivity contribution < 1.29 is 33.0 Å². The molecule has 0 atom stereocenters. The van der Waals surface area contributed by atoms with Gasteiger partial charge in [0.25, 0.3) is 0 Å². The molecule has 4 aromatic rings. The summed E-state index contributed by atoms with van der Waals surface area (Å²) in [5, 5.41) is 0.257. The Morgan fingerprint density at radius 2 is 1.53 bits per heavy atom. The summed E-state index contributed by atoms with van der Waals surface area (Å²) in [4.78, 5) is 37.1. The van der Waals surface area contributed by atoms with E-state index in [1.807, 2.05) is 0 Å². The highest BCUT2D eigenvalue weighted by Gasteiger charge is 2.16. The Balaban J connectivity index is 1.59. The van der Waals surface area contributed by atoms with Crippen molar-refractivity contribution in [3.63, 3.8) is 0 Å². The van der Waals surface area contributed by atoms with Gasteiger partial charge >= 0.3 is 11.9 Å². The maximum atomic E-state index is 13.0. The minimum Gasteiger partial charge on any atom is -0.497 e. The standard InChI is InChI=1S/C26H20O8/c1-15-24(33-18-9-7-16(8-10-18)25(28)31-3)23(27)21-12-11-20(14-22(21)32-15)34-26(29)17-5-4-6-19(13-17)30-2/h4-14H,1-3H3. The quantitative estimate of drug-likeness (QED) is 0.296. The molecule has 0 amide bonds. The predicted octanol–water partition coefficient (Wildman–Crippen LogP) is 4.91. The van der Waals surface area contributed by atoms with Crippen LogP contribution in [0.1, 0.15) is 26.5 Å². The van der Waals surface area contributed by atoms with Crippen molar-refractivity contribution in [1.29, 1.82) is 0 Å². The zero-order valence-electron chi connectivity index (χ0n) is 18.6. The molecule has 1 heterocycles. The first-order valence-corrected chi connectivity index (χ1v) is 10.2. The van der Waals surface area contributed by atoms with Crippen molar-refractivity contribution in [2.45, 2.75) is 6.92 Å². The van der Waals surface area contributed by atoms with E-state index in [2.05, 4.69) is 4.74 Å². The highest BCUT2D eigenvalue weighted by Crippen LogP contribution is 2.28. The van der Waals surface area contributed by atoms with Crippen LogP contribution in [0.4, 0.5) is 0 Å². The van der Waals surface area contributed by atoms with Crippen molar-refractivity contribution in [3.8, 4) is 23.0 Å². The molecule has 1 aromatic heterocycles. The molecule has 0 radical (unpaired) electrons. The van der Waals surface area contributed by atoms with Crippen LogP contribution in [0.2, 0.25) is 0 Å². The lowest BCUT2D eigenvalue weighted by Crippen LogP contribution is -2.10. The number of carbonyl (C=O) groups excluding carboxylic acids is 2. The topological polar surface area (TPSA) is 101 Å². The smallest absolute Gasteiger partial charge is 0.343 e. The lowest BCUT2D eigenvalue weighted by Gasteiger charge is -2.10. The number of benzene rings is 3. The van der Waals surface area contributed by atoms with Crippen molar-refractivity contribution >= 4 is 22.9 Å². The van der Waals surface area contributed by atoms with Gasteiger partial charge in [0.1, 0.15) is 28.6 Å². The summed E-state index contributed by atoms with van der Waals surface area (Å²) in [6, 6.07) is 17.2. The van der Waals surface area contributed by atoms with Crippen LogP contribution in [0.25, 0.3) is 11.0 Å². The van der Waals surface area contributed by atoms with E-state index in [0.717, 1.165) is 0 Å². The number of hydrogen-bond donors (Lipinski definition) is 0. The Bertz CT molecular complexity index is 1430. The van der Waals surface area contributed by atoms with E-state index in [4.69, 9.17) is 18.6 Å². The molecule has 8 heteroatoms. The third kappa shape index (κ3) is 4.61. The van der Waals surface area contributed by atoms with Crippen molar-refractivity contribution in [2.75, 3.05) is 14.2 Å². The van der Waals surface area contributed by atoms with E-state index in [9.17, 15) is 14.4 Å². The summed E-state index contributed by atoms with van der Waals surface area (Å²) in [5.74, 6) is 0.303. The molecular formula is C26H20O8. The molecule has 0 aliphatic heterocycles. The van der Waals surface area contributed by atoms with Crippen LogP contribution in [-0.2, 0) is 4.74 Å². The van der Waals surface area contributed by atoms with Gasteiger partial charge in [0, 0.05) is 6.07 Å². The number of rotatable bonds is 6. The zero-order chi connectivity index (χ0) is 24.2. The minimum atomic E-state index is -0.576. The molecular weight excluding hydrogens is 440 g/mol. The number of hydrogen-bond acceptors (Lipinski definition) is 8. The first kappa shape index (κ1) is 22.6. The molecule has 0 aliphatic carbocycles. The number of aryl methyl sites for hydroxylation is 1. The van der Waals surface area contributed by atoms with Crippen LogP contribution in [-0.4, -0.2) is 26.2 Å². The van der Waals surface area contributed by atoms with E-state index in [1.165, 1.54) is 44.6 Å². The third-order valence-corrected chi connectivity index (χ3v) is 5.00. The monoisotopic (exact) mass is 460 g/mol. The molecule has 3 aromatic carbocycles. The number of ether oxygens (including phenoxy) is 4. The van der Waals surface area contributed by atoms with E-state index >= 15 is 0 Å². The molecule has 0 saturated carbocycles. The molecule has 172 valence electrons. The van der Waals surface area contributed by atoms with Gasteiger partial charge in [-0.25, -0.2) is 9.59 Å². The second kappa shape index (κ2) is 9.50. The zero-order valence-corrected chi connectivity index (χ0v) is 18.6. The summed E-state index contributed by atoms with van der Waals surface area (Å²) in [6.07, 6.45) is 0. The summed E-state index contributed by atoms with van der Waals surface area (Å²) in [7, 11) is 2.80. The van der Waals surface area contributed by atoms with Gasteiger partial charge in [-0.1, -0.05) is 6.07 Å². The second-order valence-electron chi connectivity index (χ2n) is 7.21. The molecule has 0 spiro atoms. The van der Waals surface area contributed by atoms with Crippen LogP contribution >= 0.6 is 0 Å². The van der Waals surface area contributed by atoms with Gasteiger partial charge in [0.2, 0.25) is 11.2 Å². The highest BCUT2D eigenvalue weighted by atomic mass is 16.5. The highest BCUT2D eigenvalue weighted by molar-refractivity contribution is 5.92. The molecule has 8 nitrogen and oxygen atoms in total. The average molecular weight is 460 g/mol. The molecule has 34 heavy (non-hydrogen) atoms. The van der Waals surface area contributed by atoms with Crippen molar-refractivity contribution in [2.24, 2.45) is 0 Å². The van der Waals surface area contributed by atoms with Gasteiger partial charge in [-0.2, -0.15) is 0 Å². The van der Waals surface area contributed by atoms with Gasteiger partial charge in [-0.3, -0.25) is 4.79 Å². The van der Waals surface area contributed by atoms with Crippen LogP contribution in [0.3, 0.4) is 0 Å². The van der Waals surface area contributed by atoms with E-state index in [-0.39, 0.29) is 33.7 Å². The fourth-order valence-electron chi connectivity index (χ4n) is 3.26. The molecule has 0 N–H and O–H groups in total. The minimum absolute atomic E-state index is 0.0134. The van der Waals surface area contributed by atoms with E-state index < -0.39 is 11.9 Å². The maximum absolute atomic E-state index is 13.0. The van der Waals surface area contributed by atoms with Crippen LogP contribution < -0.4 is 19.6 Å².